The second-order valence-electron chi connectivity index (χ2n) is 7.66. The highest BCUT2D eigenvalue weighted by Gasteiger charge is 2.31. The first kappa shape index (κ1) is 21.1. The molecule has 3 heterocycles. The number of nitrogens with zero attached hydrogens (tertiary/aromatic N) is 5. The van der Waals surface area contributed by atoms with E-state index in [4.69, 9.17) is 14.2 Å². The number of carbonyl (C=O) groups excluding carboxylic acids is 1. The summed E-state index contributed by atoms with van der Waals surface area (Å²) in [4.78, 5) is 29.7. The smallest absolute Gasteiger partial charge is 0.324 e. The minimum absolute atomic E-state index is 0.0332. The second-order valence-corrected chi connectivity index (χ2v) is 7.66. The zero-order valence-corrected chi connectivity index (χ0v) is 18.1. The largest absolute Gasteiger partial charge is 0.493 e. The average Bonchev–Trinajstić information content (AvgIpc) is 2.82. The van der Waals surface area contributed by atoms with Gasteiger partial charge in [-0.1, -0.05) is 12.1 Å². The van der Waals surface area contributed by atoms with Crippen LogP contribution >= 0.6 is 0 Å². The predicted molar refractivity (Wildman–Crippen MR) is 114 cm³/mol. The van der Waals surface area contributed by atoms with E-state index >= 15 is 0 Å². The van der Waals surface area contributed by atoms with Crippen molar-refractivity contribution in [2.45, 2.75) is 25.4 Å². The number of benzene rings is 1. The molecular weight excluding hydrogens is 400 g/mol. The molecule has 4 rings (SSSR count). The molecule has 1 atom stereocenters. The number of amides is 1. The third-order valence-electron chi connectivity index (χ3n) is 5.62. The maximum absolute atomic E-state index is 13.0. The van der Waals surface area contributed by atoms with Crippen LogP contribution in [0.25, 0.3) is 0 Å². The van der Waals surface area contributed by atoms with Crippen LogP contribution in [0.4, 0.5) is 5.95 Å². The summed E-state index contributed by atoms with van der Waals surface area (Å²) in [5.41, 5.74) is 2.27. The summed E-state index contributed by atoms with van der Waals surface area (Å²) in [5, 5.41) is 3.07. The van der Waals surface area contributed by atoms with Crippen LogP contribution in [0, 0.1) is 0 Å². The van der Waals surface area contributed by atoms with E-state index < -0.39 is 0 Å². The standard InChI is InChI=1S/C21H28N6O4/c1-26-8-9-27(19-23-20(29-2)25-21(24-19)30-3)13-16(26)18(28)22-12-14-6-7-17-15(11-14)5-4-10-31-17/h6-7,11,16H,4-5,8-10,12-13H2,1-3H3,(H,22,28). The topological polar surface area (TPSA) is 102 Å². The summed E-state index contributed by atoms with van der Waals surface area (Å²) in [6.07, 6.45) is 2.04. The second kappa shape index (κ2) is 9.34. The fourth-order valence-corrected chi connectivity index (χ4v) is 3.82. The number of methoxy groups -OCH3 is 2. The number of fused-ring (bicyclic) bond motifs is 1. The van der Waals surface area contributed by atoms with Crippen molar-refractivity contribution in [3.05, 3.63) is 29.3 Å². The fraction of sp³-hybridized carbons (Fsp3) is 0.524. The van der Waals surface area contributed by atoms with Crippen molar-refractivity contribution in [2.24, 2.45) is 0 Å². The zero-order valence-electron chi connectivity index (χ0n) is 18.1. The van der Waals surface area contributed by atoms with Crippen molar-refractivity contribution >= 4 is 11.9 Å². The first-order valence-electron chi connectivity index (χ1n) is 10.4. The summed E-state index contributed by atoms with van der Waals surface area (Å²) in [5.74, 6) is 1.35. The van der Waals surface area contributed by atoms with Crippen molar-refractivity contribution in [2.75, 3.05) is 52.4 Å². The van der Waals surface area contributed by atoms with E-state index in [1.165, 1.54) is 19.8 Å². The highest BCUT2D eigenvalue weighted by molar-refractivity contribution is 5.82. The van der Waals surface area contributed by atoms with E-state index in [0.29, 0.717) is 32.1 Å². The van der Waals surface area contributed by atoms with Gasteiger partial charge in [0, 0.05) is 26.2 Å². The van der Waals surface area contributed by atoms with Gasteiger partial charge in [-0.15, -0.1) is 4.98 Å². The molecule has 166 valence electrons. The van der Waals surface area contributed by atoms with Crippen molar-refractivity contribution in [3.63, 3.8) is 0 Å². The maximum Gasteiger partial charge on any atom is 0.324 e. The van der Waals surface area contributed by atoms with Crippen LogP contribution in [-0.4, -0.2) is 79.3 Å². The van der Waals surface area contributed by atoms with E-state index in [1.54, 1.807) is 0 Å². The van der Waals surface area contributed by atoms with Gasteiger partial charge in [-0.05, 0) is 37.1 Å². The molecule has 1 aromatic carbocycles. The van der Waals surface area contributed by atoms with E-state index in [-0.39, 0.29) is 24.0 Å². The number of anilines is 1. The van der Waals surface area contributed by atoms with Gasteiger partial charge in [0.15, 0.2) is 0 Å². The Morgan fingerprint density at radius 2 is 1.97 bits per heavy atom. The van der Waals surface area contributed by atoms with Gasteiger partial charge < -0.3 is 24.4 Å². The molecule has 1 N–H and O–H groups in total. The van der Waals surface area contributed by atoms with E-state index in [0.717, 1.165) is 30.8 Å². The molecule has 0 bridgehead atoms. The van der Waals surface area contributed by atoms with Gasteiger partial charge in [-0.2, -0.15) is 9.97 Å². The lowest BCUT2D eigenvalue weighted by Crippen LogP contribution is -2.58. The molecule has 0 spiro atoms. The third-order valence-corrected chi connectivity index (χ3v) is 5.62. The molecule has 1 amide bonds. The Balaban J connectivity index is 1.42. The first-order chi connectivity index (χ1) is 15.1. The molecule has 2 aliphatic heterocycles. The highest BCUT2D eigenvalue weighted by atomic mass is 16.5. The number of hydrogen-bond donors (Lipinski definition) is 1. The van der Waals surface area contributed by atoms with Gasteiger partial charge in [0.05, 0.1) is 20.8 Å². The van der Waals surface area contributed by atoms with Crippen molar-refractivity contribution < 1.29 is 19.0 Å². The van der Waals surface area contributed by atoms with E-state index in [1.807, 2.05) is 29.0 Å². The van der Waals surface area contributed by atoms with E-state index in [2.05, 4.69) is 26.3 Å². The summed E-state index contributed by atoms with van der Waals surface area (Å²) in [6, 6.07) is 6.14. The SMILES string of the molecule is COc1nc(OC)nc(N2CCN(C)C(C(=O)NCc3ccc4c(c3)CCCO4)C2)n1. The molecule has 1 aromatic heterocycles. The van der Waals surface area contributed by atoms with Crippen molar-refractivity contribution in [1.82, 2.24) is 25.2 Å². The summed E-state index contributed by atoms with van der Waals surface area (Å²) < 4.78 is 16.0. The lowest BCUT2D eigenvalue weighted by molar-refractivity contribution is -0.126. The molecule has 2 aliphatic rings. The Hall–Kier alpha value is -3.14. The number of hydrogen-bond acceptors (Lipinski definition) is 9. The number of rotatable bonds is 6. The minimum Gasteiger partial charge on any atom is -0.493 e. The molecule has 0 radical (unpaired) electrons. The summed E-state index contributed by atoms with van der Waals surface area (Å²) in [6.45, 7) is 3.08. The number of nitrogens with one attached hydrogen (secondary N) is 1. The quantitative estimate of drug-likeness (QED) is 0.710. The predicted octanol–water partition coefficient (Wildman–Crippen LogP) is 0.651. The number of aryl methyl sites for hydroxylation is 1. The van der Waals surface area contributed by atoms with Gasteiger partial charge in [-0.3, -0.25) is 9.69 Å². The lowest BCUT2D eigenvalue weighted by Gasteiger charge is -2.38. The van der Waals surface area contributed by atoms with Crippen LogP contribution in [-0.2, 0) is 17.8 Å². The first-order valence-corrected chi connectivity index (χ1v) is 10.4. The number of likely N-dealkylation sites (N-methyl/N-ethyl adjacent to an activating group) is 1. The molecule has 31 heavy (non-hydrogen) atoms. The molecule has 2 aromatic rings. The Morgan fingerprint density at radius 1 is 1.19 bits per heavy atom. The van der Waals surface area contributed by atoms with Gasteiger partial charge in [0.25, 0.3) is 0 Å². The normalized spacial score (nSPS) is 18.7. The minimum atomic E-state index is -0.330. The van der Waals surface area contributed by atoms with Gasteiger partial charge >= 0.3 is 12.0 Å². The Labute approximate surface area is 181 Å². The van der Waals surface area contributed by atoms with Gasteiger partial charge in [0.1, 0.15) is 11.8 Å². The molecule has 10 heteroatoms. The number of carbonyl (C=O) groups is 1. The molecule has 0 aliphatic carbocycles. The Kier molecular flexibility index (Phi) is 6.36. The van der Waals surface area contributed by atoms with Crippen molar-refractivity contribution in [3.8, 4) is 17.8 Å². The van der Waals surface area contributed by atoms with Crippen LogP contribution in [0.15, 0.2) is 18.2 Å². The van der Waals surface area contributed by atoms with Crippen LogP contribution in [0.1, 0.15) is 17.5 Å². The fourth-order valence-electron chi connectivity index (χ4n) is 3.82. The monoisotopic (exact) mass is 428 g/mol. The highest BCUT2D eigenvalue weighted by Crippen LogP contribution is 2.25. The zero-order chi connectivity index (χ0) is 21.8. The number of piperazine rings is 1. The summed E-state index contributed by atoms with van der Waals surface area (Å²) in [7, 11) is 4.93. The number of aromatic nitrogens is 3. The molecule has 1 unspecified atom stereocenters. The molecular formula is C21H28N6O4. The molecule has 1 fully saturated rings. The van der Waals surface area contributed by atoms with Crippen molar-refractivity contribution in [1.29, 1.82) is 0 Å². The van der Waals surface area contributed by atoms with E-state index in [9.17, 15) is 4.79 Å². The molecule has 0 saturated carbocycles. The van der Waals surface area contributed by atoms with Gasteiger partial charge in [0.2, 0.25) is 11.9 Å². The Bertz CT molecular complexity index is 918. The van der Waals surface area contributed by atoms with Crippen LogP contribution < -0.4 is 24.4 Å². The van der Waals surface area contributed by atoms with Crippen LogP contribution in [0.5, 0.6) is 17.8 Å². The van der Waals surface area contributed by atoms with Crippen LogP contribution in [0.3, 0.4) is 0 Å². The van der Waals surface area contributed by atoms with Crippen LogP contribution in [0.2, 0.25) is 0 Å². The lowest BCUT2D eigenvalue weighted by atomic mass is 10.0. The number of ether oxygens (including phenoxy) is 3. The average molecular weight is 428 g/mol. The summed E-state index contributed by atoms with van der Waals surface area (Å²) >= 11 is 0. The molecule has 10 nitrogen and oxygen atoms in total. The Morgan fingerprint density at radius 3 is 2.71 bits per heavy atom. The maximum atomic E-state index is 13.0. The third kappa shape index (κ3) is 4.79. The molecule has 1 saturated heterocycles. The van der Waals surface area contributed by atoms with Gasteiger partial charge in [-0.25, -0.2) is 0 Å².